The molecule has 120 valence electrons. The van der Waals surface area contributed by atoms with E-state index in [4.69, 9.17) is 14.2 Å². The summed E-state index contributed by atoms with van der Waals surface area (Å²) < 4.78 is 16.3. The van der Waals surface area contributed by atoms with E-state index in [-0.39, 0.29) is 24.2 Å². The first kappa shape index (κ1) is 15.7. The molecule has 9 heteroatoms. The van der Waals surface area contributed by atoms with Crippen LogP contribution in [0, 0.1) is 0 Å². The van der Waals surface area contributed by atoms with Gasteiger partial charge in [-0.15, -0.1) is 0 Å². The van der Waals surface area contributed by atoms with Gasteiger partial charge < -0.3 is 25.0 Å². The summed E-state index contributed by atoms with van der Waals surface area (Å²) in [5.74, 6) is -0.680. The topological polar surface area (TPSA) is 108 Å². The predicted molar refractivity (Wildman–Crippen MR) is 75.2 cm³/mol. The number of carbonyl (C=O) groups excluding carboxylic acids is 2. The number of nitrogens with one attached hydrogen (secondary N) is 2. The molecule has 0 saturated carbocycles. The summed E-state index contributed by atoms with van der Waals surface area (Å²) in [5.41, 5.74) is 2.34. The molecule has 1 aliphatic heterocycles. The van der Waals surface area contributed by atoms with Crippen LogP contribution in [0.1, 0.15) is 31.3 Å². The van der Waals surface area contributed by atoms with E-state index in [9.17, 15) is 14.4 Å². The zero-order valence-corrected chi connectivity index (χ0v) is 12.4. The zero-order valence-electron chi connectivity index (χ0n) is 12.4. The second kappa shape index (κ2) is 6.37. The zero-order chi connectivity index (χ0) is 16.3. The lowest BCUT2D eigenvalue weighted by atomic mass is 10.3. The van der Waals surface area contributed by atoms with Gasteiger partial charge in [-0.05, 0) is 13.8 Å². The Labute approximate surface area is 126 Å². The van der Waals surface area contributed by atoms with Crippen molar-refractivity contribution in [1.29, 1.82) is 0 Å². The molecule has 0 bridgehead atoms. The van der Waals surface area contributed by atoms with Crippen molar-refractivity contribution in [2.75, 3.05) is 12.1 Å². The van der Waals surface area contributed by atoms with E-state index in [0.29, 0.717) is 0 Å². The highest BCUT2D eigenvalue weighted by molar-refractivity contribution is 5.96. The summed E-state index contributed by atoms with van der Waals surface area (Å²) in [5, 5.41) is 2.52. The summed E-state index contributed by atoms with van der Waals surface area (Å²) in [6.45, 7) is 4.98. The molecule has 0 aliphatic carbocycles. The molecule has 1 amide bonds. The minimum Gasteiger partial charge on any atom is -0.448 e. The van der Waals surface area contributed by atoms with Crippen LogP contribution in [0.2, 0.25) is 0 Å². The number of carbonyl (C=O) groups is 2. The molecule has 22 heavy (non-hydrogen) atoms. The lowest BCUT2D eigenvalue weighted by molar-refractivity contribution is -0.0614. The molecule has 1 atom stereocenters. The van der Waals surface area contributed by atoms with Crippen LogP contribution in [0.3, 0.4) is 0 Å². The molecule has 1 aromatic rings. The number of nitrogens with zero attached hydrogens (tertiary/aromatic N) is 1. The van der Waals surface area contributed by atoms with E-state index in [1.54, 1.807) is 13.8 Å². The third-order valence-corrected chi connectivity index (χ3v) is 2.65. The number of amides is 1. The largest absolute Gasteiger partial charge is 0.511 e. The predicted octanol–water partition coefficient (Wildman–Crippen LogP) is 0.379. The normalized spacial score (nSPS) is 14.5. The van der Waals surface area contributed by atoms with Gasteiger partial charge in [-0.1, -0.05) is 0 Å². The minimum atomic E-state index is -1.10. The number of pyridine rings is 1. The molecular formula is C13H17N3O6. The van der Waals surface area contributed by atoms with Gasteiger partial charge in [0, 0.05) is 19.2 Å². The van der Waals surface area contributed by atoms with Crippen LogP contribution in [-0.2, 0) is 9.47 Å². The smallest absolute Gasteiger partial charge is 0.448 e. The molecule has 0 spiro atoms. The Kier molecular flexibility index (Phi) is 4.54. The van der Waals surface area contributed by atoms with Crippen molar-refractivity contribution >= 4 is 12.1 Å². The van der Waals surface area contributed by atoms with Gasteiger partial charge in [0.2, 0.25) is 17.5 Å². The van der Waals surface area contributed by atoms with Crippen molar-refractivity contribution < 1.29 is 23.8 Å². The Bertz CT molecular complexity index is 639. The number of hydrogen-bond donors (Lipinski definition) is 2. The minimum absolute atomic E-state index is 0.00595. The highest BCUT2D eigenvalue weighted by Crippen LogP contribution is 2.16. The SMILES string of the molecule is CC(C)OC(=O)OC(C)Oc1c2n(ccc1=O)NCNC2=O. The van der Waals surface area contributed by atoms with E-state index in [2.05, 4.69) is 10.7 Å². The first-order chi connectivity index (χ1) is 10.4. The number of aromatic nitrogens is 1. The van der Waals surface area contributed by atoms with Crippen LogP contribution in [0.4, 0.5) is 4.79 Å². The van der Waals surface area contributed by atoms with Crippen LogP contribution in [0.5, 0.6) is 5.75 Å². The second-order valence-corrected chi connectivity index (χ2v) is 4.79. The average molecular weight is 311 g/mol. The van der Waals surface area contributed by atoms with Crippen molar-refractivity contribution in [1.82, 2.24) is 9.99 Å². The molecule has 0 saturated heterocycles. The van der Waals surface area contributed by atoms with Gasteiger partial charge >= 0.3 is 6.16 Å². The van der Waals surface area contributed by atoms with Crippen molar-refractivity contribution in [2.45, 2.75) is 33.2 Å². The number of fused-ring (bicyclic) bond motifs is 1. The number of hydrogen-bond acceptors (Lipinski definition) is 7. The molecule has 1 aromatic heterocycles. The lowest BCUT2D eigenvalue weighted by Crippen LogP contribution is -2.43. The third kappa shape index (κ3) is 3.48. The Hall–Kier alpha value is -2.71. The van der Waals surface area contributed by atoms with Gasteiger partial charge in [-0.2, -0.15) is 0 Å². The fourth-order valence-corrected chi connectivity index (χ4v) is 1.81. The van der Waals surface area contributed by atoms with Gasteiger partial charge in [-0.3, -0.25) is 14.3 Å². The van der Waals surface area contributed by atoms with Crippen molar-refractivity contribution in [3.63, 3.8) is 0 Å². The fourth-order valence-electron chi connectivity index (χ4n) is 1.81. The Balaban J connectivity index is 2.17. The summed E-state index contributed by atoms with van der Waals surface area (Å²) in [7, 11) is 0. The van der Waals surface area contributed by atoms with Crippen molar-refractivity contribution in [3.05, 3.63) is 28.2 Å². The van der Waals surface area contributed by atoms with Gasteiger partial charge in [0.25, 0.3) is 5.91 Å². The van der Waals surface area contributed by atoms with Gasteiger partial charge in [0.15, 0.2) is 5.69 Å². The Morgan fingerprint density at radius 1 is 1.27 bits per heavy atom. The van der Waals surface area contributed by atoms with Crippen molar-refractivity contribution in [2.24, 2.45) is 0 Å². The quantitative estimate of drug-likeness (QED) is 0.611. The Morgan fingerprint density at radius 3 is 2.68 bits per heavy atom. The summed E-state index contributed by atoms with van der Waals surface area (Å²) in [6.07, 6.45) is -0.942. The highest BCUT2D eigenvalue weighted by Gasteiger charge is 2.25. The van der Waals surface area contributed by atoms with Gasteiger partial charge in [0.05, 0.1) is 6.10 Å². The average Bonchev–Trinajstić information content (AvgIpc) is 2.41. The van der Waals surface area contributed by atoms with Crippen LogP contribution in [-0.4, -0.2) is 35.8 Å². The van der Waals surface area contributed by atoms with Gasteiger partial charge in [-0.25, -0.2) is 4.79 Å². The lowest BCUT2D eigenvalue weighted by Gasteiger charge is -2.24. The van der Waals surface area contributed by atoms with Crippen LogP contribution in [0.15, 0.2) is 17.1 Å². The molecule has 1 unspecified atom stereocenters. The van der Waals surface area contributed by atoms with E-state index in [1.165, 1.54) is 23.9 Å². The number of ether oxygens (including phenoxy) is 3. The molecule has 2 N–H and O–H groups in total. The summed E-state index contributed by atoms with van der Waals surface area (Å²) in [6, 6.07) is 1.24. The molecule has 2 heterocycles. The molecule has 0 radical (unpaired) electrons. The maximum atomic E-state index is 11.9. The molecular weight excluding hydrogens is 294 g/mol. The monoisotopic (exact) mass is 311 g/mol. The van der Waals surface area contributed by atoms with Crippen LogP contribution in [0.25, 0.3) is 0 Å². The van der Waals surface area contributed by atoms with Crippen molar-refractivity contribution in [3.8, 4) is 5.75 Å². The standard InChI is InChI=1S/C13H17N3O6/c1-7(2)20-13(19)22-8(3)21-11-9(17)4-5-16-10(11)12(18)14-6-15-16/h4-5,7-8,15H,6H2,1-3H3,(H,14,18). The van der Waals surface area contributed by atoms with E-state index in [1.807, 2.05) is 0 Å². The first-order valence-electron chi connectivity index (χ1n) is 6.70. The summed E-state index contributed by atoms with van der Waals surface area (Å²) >= 11 is 0. The van der Waals surface area contributed by atoms with Crippen LogP contribution >= 0.6 is 0 Å². The maximum absolute atomic E-state index is 11.9. The molecule has 2 rings (SSSR count). The molecule has 0 aromatic carbocycles. The van der Waals surface area contributed by atoms with E-state index >= 15 is 0 Å². The van der Waals surface area contributed by atoms with E-state index in [0.717, 1.165) is 0 Å². The van der Waals surface area contributed by atoms with Gasteiger partial charge in [0.1, 0.15) is 6.67 Å². The Morgan fingerprint density at radius 2 is 2.00 bits per heavy atom. The maximum Gasteiger partial charge on any atom is 0.511 e. The molecule has 9 nitrogen and oxygen atoms in total. The fraction of sp³-hybridized carbons (Fsp3) is 0.462. The number of rotatable bonds is 4. The second-order valence-electron chi connectivity index (χ2n) is 4.79. The third-order valence-electron chi connectivity index (χ3n) is 2.65. The van der Waals surface area contributed by atoms with Crippen LogP contribution < -0.4 is 20.9 Å². The first-order valence-corrected chi connectivity index (χ1v) is 6.70. The summed E-state index contributed by atoms with van der Waals surface area (Å²) in [4.78, 5) is 35.2. The molecule has 0 fully saturated rings. The highest BCUT2D eigenvalue weighted by atomic mass is 16.8. The van der Waals surface area contributed by atoms with E-state index < -0.39 is 23.8 Å². The molecule has 1 aliphatic rings.